The third-order valence-corrected chi connectivity index (χ3v) is 2.41. The molecule has 0 fully saturated rings. The summed E-state index contributed by atoms with van der Waals surface area (Å²) in [6, 6.07) is 1.47. The monoisotopic (exact) mass is 267 g/mol. The van der Waals surface area contributed by atoms with Gasteiger partial charge in [-0.25, -0.2) is 15.8 Å². The highest BCUT2D eigenvalue weighted by atomic mass is 35.5. The molecule has 18 heavy (non-hydrogen) atoms. The molecular formula is C9H10ClN7O. The molecule has 2 rings (SSSR count). The maximum absolute atomic E-state index is 11.8. The summed E-state index contributed by atoms with van der Waals surface area (Å²) in [5, 5.41) is 9.21. The largest absolute Gasteiger partial charge is 0.345 e. The average molecular weight is 268 g/mol. The number of hydrazine groups is 1. The number of hydrogen-bond donors (Lipinski definition) is 4. The van der Waals surface area contributed by atoms with E-state index in [1.165, 1.54) is 18.6 Å². The van der Waals surface area contributed by atoms with Crippen LogP contribution >= 0.6 is 11.6 Å². The maximum atomic E-state index is 11.8. The highest BCUT2D eigenvalue weighted by Gasteiger charge is 2.09. The van der Waals surface area contributed by atoms with Gasteiger partial charge in [0, 0.05) is 6.20 Å². The third kappa shape index (κ3) is 2.73. The van der Waals surface area contributed by atoms with Crippen molar-refractivity contribution in [1.82, 2.24) is 25.5 Å². The van der Waals surface area contributed by atoms with Crippen molar-refractivity contribution >= 4 is 23.3 Å². The molecule has 2 aromatic heterocycles. The van der Waals surface area contributed by atoms with Crippen molar-refractivity contribution in [2.45, 2.75) is 6.54 Å². The second kappa shape index (κ2) is 5.43. The topological polar surface area (TPSA) is 122 Å². The molecule has 2 heterocycles. The molecule has 2 aromatic rings. The van der Waals surface area contributed by atoms with Crippen LogP contribution in [0, 0.1) is 0 Å². The van der Waals surface area contributed by atoms with Gasteiger partial charge < -0.3 is 10.7 Å². The van der Waals surface area contributed by atoms with Crippen molar-refractivity contribution in [2.75, 3.05) is 5.43 Å². The van der Waals surface area contributed by atoms with Crippen LogP contribution in [0.5, 0.6) is 0 Å². The molecule has 0 saturated carbocycles. The first-order valence-corrected chi connectivity index (χ1v) is 5.33. The van der Waals surface area contributed by atoms with Gasteiger partial charge in [0.25, 0.3) is 5.91 Å². The number of carbonyl (C=O) groups excluding carboxylic acids is 1. The number of pyridine rings is 1. The number of nitrogens with zero attached hydrogens (tertiary/aromatic N) is 3. The Morgan fingerprint density at radius 2 is 2.33 bits per heavy atom. The highest BCUT2D eigenvalue weighted by Crippen LogP contribution is 2.18. The SMILES string of the molecule is NNc1ncc(C(=O)NCc2ncn[nH]2)cc1Cl. The fraction of sp³-hybridized carbons (Fsp3) is 0.111. The number of halogens is 1. The van der Waals surface area contributed by atoms with E-state index in [1.807, 2.05) is 0 Å². The van der Waals surface area contributed by atoms with Crippen LogP contribution in [-0.2, 0) is 6.54 Å². The molecule has 0 aliphatic rings. The van der Waals surface area contributed by atoms with Crippen LogP contribution in [0.4, 0.5) is 5.82 Å². The molecule has 0 radical (unpaired) electrons. The number of rotatable bonds is 4. The zero-order valence-electron chi connectivity index (χ0n) is 9.14. The van der Waals surface area contributed by atoms with Crippen LogP contribution in [0.3, 0.4) is 0 Å². The number of anilines is 1. The molecule has 0 unspecified atom stereocenters. The molecule has 9 heteroatoms. The zero-order chi connectivity index (χ0) is 13.0. The molecule has 94 valence electrons. The molecule has 8 nitrogen and oxygen atoms in total. The number of H-pyrrole nitrogens is 1. The Balaban J connectivity index is 2.02. The number of hydrogen-bond acceptors (Lipinski definition) is 6. The van der Waals surface area contributed by atoms with Gasteiger partial charge in [-0.05, 0) is 6.07 Å². The van der Waals surface area contributed by atoms with Gasteiger partial charge in [-0.15, -0.1) is 0 Å². The van der Waals surface area contributed by atoms with Crippen molar-refractivity contribution in [2.24, 2.45) is 5.84 Å². The Kier molecular flexibility index (Phi) is 3.70. The first kappa shape index (κ1) is 12.3. The van der Waals surface area contributed by atoms with E-state index in [9.17, 15) is 4.79 Å². The standard InChI is InChI=1S/C9H10ClN7O/c10-6-1-5(2-12-8(6)16-11)9(18)13-3-7-14-4-15-17-7/h1-2,4H,3,11H2,(H,12,16)(H,13,18)(H,14,15,17). The summed E-state index contributed by atoms with van der Waals surface area (Å²) in [6.45, 7) is 0.243. The molecule has 0 aliphatic carbocycles. The van der Waals surface area contributed by atoms with Gasteiger partial charge in [0.15, 0.2) is 5.82 Å². The van der Waals surface area contributed by atoms with Crippen LogP contribution in [0.15, 0.2) is 18.6 Å². The van der Waals surface area contributed by atoms with Gasteiger partial charge in [0.1, 0.15) is 12.2 Å². The van der Waals surface area contributed by atoms with E-state index in [0.717, 1.165) is 0 Å². The Hall–Kier alpha value is -2.19. The van der Waals surface area contributed by atoms with Gasteiger partial charge in [-0.2, -0.15) is 5.10 Å². The van der Waals surface area contributed by atoms with E-state index in [2.05, 4.69) is 30.9 Å². The van der Waals surface area contributed by atoms with Gasteiger partial charge in [-0.1, -0.05) is 11.6 Å². The van der Waals surface area contributed by atoms with E-state index < -0.39 is 0 Å². The van der Waals surface area contributed by atoms with Crippen molar-refractivity contribution in [1.29, 1.82) is 0 Å². The summed E-state index contributed by atoms with van der Waals surface area (Å²) < 4.78 is 0. The zero-order valence-corrected chi connectivity index (χ0v) is 9.90. The first-order valence-electron chi connectivity index (χ1n) is 4.95. The number of amides is 1. The maximum Gasteiger partial charge on any atom is 0.253 e. The smallest absolute Gasteiger partial charge is 0.253 e. The number of nitrogens with one attached hydrogen (secondary N) is 3. The average Bonchev–Trinajstić information content (AvgIpc) is 2.89. The van der Waals surface area contributed by atoms with Crippen LogP contribution in [0.1, 0.15) is 16.2 Å². The van der Waals surface area contributed by atoms with Gasteiger partial charge in [-0.3, -0.25) is 9.89 Å². The minimum atomic E-state index is -0.315. The van der Waals surface area contributed by atoms with E-state index in [4.69, 9.17) is 17.4 Å². The minimum Gasteiger partial charge on any atom is -0.345 e. The second-order valence-electron chi connectivity index (χ2n) is 3.31. The molecule has 0 atom stereocenters. The molecule has 0 saturated heterocycles. The normalized spacial score (nSPS) is 10.1. The summed E-state index contributed by atoms with van der Waals surface area (Å²) in [4.78, 5) is 19.5. The lowest BCUT2D eigenvalue weighted by Gasteiger charge is -2.05. The second-order valence-corrected chi connectivity index (χ2v) is 3.72. The predicted octanol–water partition coefficient (Wildman–Crippen LogP) is 0.0687. The third-order valence-electron chi connectivity index (χ3n) is 2.12. The lowest BCUT2D eigenvalue weighted by Crippen LogP contribution is -2.23. The summed E-state index contributed by atoms with van der Waals surface area (Å²) >= 11 is 5.86. The highest BCUT2D eigenvalue weighted by molar-refractivity contribution is 6.33. The number of nitrogen functional groups attached to an aromatic ring is 1. The lowest BCUT2D eigenvalue weighted by atomic mass is 10.2. The fourth-order valence-electron chi connectivity index (χ4n) is 1.25. The minimum absolute atomic E-state index is 0.243. The Morgan fingerprint density at radius 3 is 2.94 bits per heavy atom. The van der Waals surface area contributed by atoms with E-state index >= 15 is 0 Å². The van der Waals surface area contributed by atoms with Crippen molar-refractivity contribution in [3.63, 3.8) is 0 Å². The number of aromatic amines is 1. The summed E-state index contributed by atoms with van der Waals surface area (Å²) in [5.74, 6) is 5.73. The fourth-order valence-corrected chi connectivity index (χ4v) is 1.47. The summed E-state index contributed by atoms with van der Waals surface area (Å²) in [6.07, 6.45) is 2.73. The van der Waals surface area contributed by atoms with E-state index in [-0.39, 0.29) is 17.5 Å². The number of carbonyl (C=O) groups is 1. The van der Waals surface area contributed by atoms with E-state index in [0.29, 0.717) is 17.2 Å². The summed E-state index contributed by atoms with van der Waals surface area (Å²) in [7, 11) is 0. The van der Waals surface area contributed by atoms with Crippen LogP contribution in [-0.4, -0.2) is 26.1 Å². The Labute approximate surface area is 107 Å². The number of aromatic nitrogens is 4. The molecule has 5 N–H and O–H groups in total. The van der Waals surface area contributed by atoms with Crippen molar-refractivity contribution in [3.05, 3.63) is 35.0 Å². The van der Waals surface area contributed by atoms with E-state index in [1.54, 1.807) is 0 Å². The van der Waals surface area contributed by atoms with Gasteiger partial charge >= 0.3 is 0 Å². The Bertz CT molecular complexity index is 542. The first-order chi connectivity index (χ1) is 8.70. The molecule has 0 spiro atoms. The molecule has 0 aromatic carbocycles. The molecule has 0 aliphatic heterocycles. The summed E-state index contributed by atoms with van der Waals surface area (Å²) in [5.41, 5.74) is 2.65. The predicted molar refractivity (Wildman–Crippen MR) is 64.6 cm³/mol. The Morgan fingerprint density at radius 1 is 1.50 bits per heavy atom. The molecule has 1 amide bonds. The molecule has 0 bridgehead atoms. The van der Waals surface area contributed by atoms with Gasteiger partial charge in [0.2, 0.25) is 0 Å². The van der Waals surface area contributed by atoms with Crippen LogP contribution in [0.25, 0.3) is 0 Å². The van der Waals surface area contributed by atoms with Crippen LogP contribution in [0.2, 0.25) is 5.02 Å². The quantitative estimate of drug-likeness (QED) is 0.459. The lowest BCUT2D eigenvalue weighted by molar-refractivity contribution is 0.0949. The van der Waals surface area contributed by atoms with Gasteiger partial charge in [0.05, 0.1) is 17.1 Å². The molecular weight excluding hydrogens is 258 g/mol. The number of nitrogens with two attached hydrogens (primary N) is 1. The van der Waals surface area contributed by atoms with Crippen LogP contribution < -0.4 is 16.6 Å². The van der Waals surface area contributed by atoms with Crippen molar-refractivity contribution in [3.8, 4) is 0 Å². The van der Waals surface area contributed by atoms with Crippen molar-refractivity contribution < 1.29 is 4.79 Å².